The fourth-order valence-electron chi connectivity index (χ4n) is 2.91. The molecule has 1 aliphatic carbocycles. The minimum atomic E-state index is -1.03. The van der Waals surface area contributed by atoms with E-state index in [1.54, 1.807) is 0 Å². The molecular weight excluding hydrogens is 208 g/mol. The minimum Gasteiger partial charge on any atom is -0.476 e. The zero-order valence-corrected chi connectivity index (χ0v) is 8.93. The molecule has 1 aromatic heterocycles. The SMILES string of the molecule is O=C(O)c1cc(CN2CC3CCC2C3)on1. The van der Waals surface area contributed by atoms with Crippen LogP contribution in [0.5, 0.6) is 0 Å². The topological polar surface area (TPSA) is 66.6 Å². The van der Waals surface area contributed by atoms with Crippen molar-refractivity contribution >= 4 is 5.97 Å². The highest BCUT2D eigenvalue weighted by atomic mass is 16.5. The first-order chi connectivity index (χ1) is 7.72. The molecule has 3 rings (SSSR count). The quantitative estimate of drug-likeness (QED) is 0.836. The molecule has 1 aliphatic heterocycles. The minimum absolute atomic E-state index is 0.000596. The number of aromatic nitrogens is 1. The molecule has 5 nitrogen and oxygen atoms in total. The summed E-state index contributed by atoms with van der Waals surface area (Å²) in [7, 11) is 0. The van der Waals surface area contributed by atoms with Gasteiger partial charge in [-0.25, -0.2) is 4.79 Å². The Labute approximate surface area is 93.0 Å². The van der Waals surface area contributed by atoms with Gasteiger partial charge in [0.2, 0.25) is 0 Å². The Morgan fingerprint density at radius 3 is 3.06 bits per heavy atom. The van der Waals surface area contributed by atoms with Crippen molar-refractivity contribution in [2.75, 3.05) is 6.54 Å². The fourth-order valence-corrected chi connectivity index (χ4v) is 2.91. The van der Waals surface area contributed by atoms with Gasteiger partial charge in [-0.1, -0.05) is 5.16 Å². The summed E-state index contributed by atoms with van der Waals surface area (Å²) in [4.78, 5) is 13.0. The van der Waals surface area contributed by atoms with Gasteiger partial charge in [0.05, 0.1) is 6.54 Å². The third kappa shape index (κ3) is 1.61. The van der Waals surface area contributed by atoms with Crippen molar-refractivity contribution in [3.8, 4) is 0 Å². The highest BCUT2D eigenvalue weighted by Gasteiger charge is 2.37. The van der Waals surface area contributed by atoms with E-state index in [9.17, 15) is 4.79 Å². The van der Waals surface area contributed by atoms with Gasteiger partial charge in [0.1, 0.15) is 0 Å². The average molecular weight is 222 g/mol. The van der Waals surface area contributed by atoms with E-state index in [2.05, 4.69) is 10.1 Å². The fraction of sp³-hybridized carbons (Fsp3) is 0.636. The maximum Gasteiger partial charge on any atom is 0.358 e. The van der Waals surface area contributed by atoms with Crippen LogP contribution in [0.3, 0.4) is 0 Å². The van der Waals surface area contributed by atoms with Crippen LogP contribution in [0.4, 0.5) is 0 Å². The molecule has 16 heavy (non-hydrogen) atoms. The molecule has 2 bridgehead atoms. The number of hydrogen-bond donors (Lipinski definition) is 1. The molecule has 1 aromatic rings. The van der Waals surface area contributed by atoms with Gasteiger partial charge in [0, 0.05) is 18.7 Å². The molecule has 2 fully saturated rings. The van der Waals surface area contributed by atoms with Crippen LogP contribution < -0.4 is 0 Å². The maximum absolute atomic E-state index is 10.6. The molecular formula is C11H14N2O3. The molecule has 0 aromatic carbocycles. The Morgan fingerprint density at radius 1 is 1.62 bits per heavy atom. The number of carbonyl (C=O) groups is 1. The van der Waals surface area contributed by atoms with E-state index in [1.807, 2.05) is 0 Å². The normalized spacial score (nSPS) is 28.8. The standard InChI is InChI=1S/C11H14N2O3/c14-11(15)10-4-9(16-12-10)6-13-5-7-1-2-8(13)3-7/h4,7-8H,1-3,5-6H2,(H,14,15). The zero-order chi connectivity index (χ0) is 11.1. The van der Waals surface area contributed by atoms with Gasteiger partial charge in [-0.3, -0.25) is 4.90 Å². The van der Waals surface area contributed by atoms with Gasteiger partial charge in [-0.05, 0) is 25.2 Å². The van der Waals surface area contributed by atoms with E-state index in [4.69, 9.17) is 9.63 Å². The van der Waals surface area contributed by atoms with Crippen molar-refractivity contribution in [2.45, 2.75) is 31.8 Å². The van der Waals surface area contributed by atoms with Gasteiger partial charge < -0.3 is 9.63 Å². The van der Waals surface area contributed by atoms with Crippen molar-refractivity contribution in [3.63, 3.8) is 0 Å². The Hall–Kier alpha value is -1.36. The lowest BCUT2D eigenvalue weighted by atomic mass is 10.1. The Morgan fingerprint density at radius 2 is 2.50 bits per heavy atom. The van der Waals surface area contributed by atoms with Crippen LogP contribution in [-0.2, 0) is 6.54 Å². The lowest BCUT2D eigenvalue weighted by Gasteiger charge is -2.25. The van der Waals surface area contributed by atoms with Gasteiger partial charge >= 0.3 is 5.97 Å². The van der Waals surface area contributed by atoms with E-state index in [1.165, 1.54) is 25.3 Å². The number of likely N-dealkylation sites (tertiary alicyclic amines) is 1. The van der Waals surface area contributed by atoms with Gasteiger partial charge in [0.15, 0.2) is 11.5 Å². The number of nitrogens with zero attached hydrogens (tertiary/aromatic N) is 2. The van der Waals surface area contributed by atoms with Crippen LogP contribution in [0.2, 0.25) is 0 Å². The van der Waals surface area contributed by atoms with Crippen molar-refractivity contribution in [3.05, 3.63) is 17.5 Å². The van der Waals surface area contributed by atoms with Crippen LogP contribution in [0, 0.1) is 5.92 Å². The molecule has 1 saturated carbocycles. The second-order valence-corrected chi connectivity index (χ2v) is 4.75. The van der Waals surface area contributed by atoms with Gasteiger partial charge in [-0.2, -0.15) is 0 Å². The average Bonchev–Trinajstić information content (AvgIpc) is 2.91. The van der Waals surface area contributed by atoms with Crippen LogP contribution >= 0.6 is 0 Å². The molecule has 0 spiro atoms. The smallest absolute Gasteiger partial charge is 0.358 e. The molecule has 2 unspecified atom stereocenters. The molecule has 0 radical (unpaired) electrons. The van der Waals surface area contributed by atoms with Crippen LogP contribution in [-0.4, -0.2) is 33.7 Å². The zero-order valence-electron chi connectivity index (χ0n) is 8.93. The highest BCUT2D eigenvalue weighted by Crippen LogP contribution is 2.38. The van der Waals surface area contributed by atoms with Crippen LogP contribution in [0.25, 0.3) is 0 Å². The molecule has 0 amide bonds. The first kappa shape index (κ1) is 9.84. The lowest BCUT2D eigenvalue weighted by molar-refractivity contribution is 0.0685. The third-order valence-corrected chi connectivity index (χ3v) is 3.66. The summed E-state index contributed by atoms with van der Waals surface area (Å²) in [6.07, 6.45) is 3.91. The molecule has 5 heteroatoms. The summed E-state index contributed by atoms with van der Waals surface area (Å²) in [6.45, 7) is 1.81. The largest absolute Gasteiger partial charge is 0.476 e. The first-order valence-corrected chi connectivity index (χ1v) is 5.65. The van der Waals surface area contributed by atoms with Crippen molar-refractivity contribution < 1.29 is 14.4 Å². The Balaban J connectivity index is 1.68. The molecule has 1 saturated heterocycles. The van der Waals surface area contributed by atoms with E-state index < -0.39 is 5.97 Å². The predicted octanol–water partition coefficient (Wildman–Crippen LogP) is 1.36. The summed E-state index contributed by atoms with van der Waals surface area (Å²) >= 11 is 0. The number of carboxylic acid groups (broad SMARTS) is 1. The Bertz CT molecular complexity index is 415. The van der Waals surface area contributed by atoms with Crippen molar-refractivity contribution in [1.29, 1.82) is 0 Å². The maximum atomic E-state index is 10.6. The van der Waals surface area contributed by atoms with Crippen molar-refractivity contribution in [1.82, 2.24) is 10.1 Å². The molecule has 1 N–H and O–H groups in total. The second-order valence-electron chi connectivity index (χ2n) is 4.75. The number of piperidine rings is 1. The number of carboxylic acids is 1. The van der Waals surface area contributed by atoms with E-state index >= 15 is 0 Å². The summed E-state index contributed by atoms with van der Waals surface area (Å²) in [5, 5.41) is 12.2. The Kier molecular flexibility index (Phi) is 2.21. The molecule has 2 atom stereocenters. The summed E-state index contributed by atoms with van der Waals surface area (Å²) in [5.74, 6) is 0.467. The van der Waals surface area contributed by atoms with Gasteiger partial charge in [-0.15, -0.1) is 0 Å². The first-order valence-electron chi connectivity index (χ1n) is 5.65. The van der Waals surface area contributed by atoms with Gasteiger partial charge in [0.25, 0.3) is 0 Å². The summed E-state index contributed by atoms with van der Waals surface area (Å²) in [6, 6.07) is 2.19. The lowest BCUT2D eigenvalue weighted by Crippen LogP contribution is -2.31. The predicted molar refractivity (Wildman–Crippen MR) is 55.0 cm³/mol. The van der Waals surface area contributed by atoms with E-state index in [0.29, 0.717) is 18.3 Å². The van der Waals surface area contributed by atoms with Crippen molar-refractivity contribution in [2.24, 2.45) is 5.92 Å². The number of fused-ring (bicyclic) bond motifs is 2. The van der Waals surface area contributed by atoms with Crippen LogP contribution in [0.1, 0.15) is 35.5 Å². The third-order valence-electron chi connectivity index (χ3n) is 3.66. The summed E-state index contributed by atoms with van der Waals surface area (Å²) < 4.78 is 5.02. The second kappa shape index (κ2) is 3.59. The highest BCUT2D eigenvalue weighted by molar-refractivity contribution is 5.85. The van der Waals surface area contributed by atoms with E-state index in [0.717, 1.165) is 12.5 Å². The number of hydrogen-bond acceptors (Lipinski definition) is 4. The van der Waals surface area contributed by atoms with Crippen LogP contribution in [0.15, 0.2) is 10.6 Å². The number of rotatable bonds is 3. The molecule has 2 heterocycles. The monoisotopic (exact) mass is 222 g/mol. The van der Waals surface area contributed by atoms with E-state index in [-0.39, 0.29) is 5.69 Å². The number of aromatic carboxylic acids is 1. The molecule has 2 aliphatic rings. The molecule has 86 valence electrons. The summed E-state index contributed by atoms with van der Waals surface area (Å²) in [5.41, 5.74) is -0.000596.